The molecule has 1 saturated heterocycles. The van der Waals surface area contributed by atoms with Gasteiger partial charge in [0.25, 0.3) is 0 Å². The lowest BCUT2D eigenvalue weighted by atomic mass is 10.3. The third kappa shape index (κ3) is 3.26. The van der Waals surface area contributed by atoms with Crippen molar-refractivity contribution in [1.82, 2.24) is 14.9 Å². The molecule has 1 aromatic rings. The number of hydrogen-bond acceptors (Lipinski definition) is 6. The number of ether oxygens (including phenoxy) is 1. The summed E-state index contributed by atoms with van der Waals surface area (Å²) in [6.07, 6.45) is 2.47. The van der Waals surface area contributed by atoms with Crippen molar-refractivity contribution in [3.63, 3.8) is 0 Å². The maximum absolute atomic E-state index is 6.12. The van der Waals surface area contributed by atoms with Crippen LogP contribution in [-0.2, 0) is 0 Å². The molecule has 0 aromatic carbocycles. The fourth-order valence-corrected chi connectivity index (χ4v) is 2.21. The fraction of sp³-hybridized carbons (Fsp3) is 0.692. The lowest BCUT2D eigenvalue weighted by Gasteiger charge is -2.35. The van der Waals surface area contributed by atoms with Crippen LogP contribution in [0, 0.1) is 0 Å². The van der Waals surface area contributed by atoms with Crippen molar-refractivity contribution in [2.45, 2.75) is 20.3 Å². The zero-order valence-corrected chi connectivity index (χ0v) is 11.8. The second kappa shape index (κ2) is 6.56. The van der Waals surface area contributed by atoms with Crippen LogP contribution in [0.15, 0.2) is 6.33 Å². The largest absolute Gasteiger partial charge is 0.476 e. The highest BCUT2D eigenvalue weighted by Gasteiger charge is 2.20. The molecule has 19 heavy (non-hydrogen) atoms. The third-order valence-electron chi connectivity index (χ3n) is 3.39. The highest BCUT2D eigenvalue weighted by Crippen LogP contribution is 2.28. The summed E-state index contributed by atoms with van der Waals surface area (Å²) < 4.78 is 5.55. The molecule has 2 rings (SSSR count). The van der Waals surface area contributed by atoms with Gasteiger partial charge < -0.3 is 20.3 Å². The average Bonchev–Trinajstić information content (AvgIpc) is 2.46. The summed E-state index contributed by atoms with van der Waals surface area (Å²) in [6.45, 7) is 9.95. The SMILES string of the molecule is CCCOc1ncnc(N2CCN(CC)CC2)c1N. The van der Waals surface area contributed by atoms with Crippen molar-refractivity contribution in [1.29, 1.82) is 0 Å². The van der Waals surface area contributed by atoms with E-state index < -0.39 is 0 Å². The van der Waals surface area contributed by atoms with Gasteiger partial charge in [-0.2, -0.15) is 4.98 Å². The van der Waals surface area contributed by atoms with E-state index in [0.29, 0.717) is 18.2 Å². The van der Waals surface area contributed by atoms with Gasteiger partial charge in [-0.3, -0.25) is 0 Å². The standard InChI is InChI=1S/C13H23N5O/c1-3-9-19-13-11(14)12(15-10-16-13)18-7-5-17(4-2)6-8-18/h10H,3-9,14H2,1-2H3. The van der Waals surface area contributed by atoms with E-state index in [9.17, 15) is 0 Å². The number of nitrogen functional groups attached to an aromatic ring is 1. The molecule has 0 aliphatic carbocycles. The smallest absolute Gasteiger partial charge is 0.242 e. The van der Waals surface area contributed by atoms with E-state index in [2.05, 4.69) is 33.6 Å². The summed E-state index contributed by atoms with van der Waals surface area (Å²) in [6, 6.07) is 0. The normalized spacial score (nSPS) is 16.6. The molecule has 0 unspecified atom stereocenters. The second-order valence-corrected chi connectivity index (χ2v) is 4.69. The molecular weight excluding hydrogens is 242 g/mol. The predicted octanol–water partition coefficient (Wildman–Crippen LogP) is 0.990. The molecule has 1 fully saturated rings. The second-order valence-electron chi connectivity index (χ2n) is 4.69. The van der Waals surface area contributed by atoms with Crippen LogP contribution in [0.1, 0.15) is 20.3 Å². The van der Waals surface area contributed by atoms with Crippen LogP contribution in [0.4, 0.5) is 11.5 Å². The molecule has 1 aliphatic rings. The number of rotatable bonds is 5. The zero-order chi connectivity index (χ0) is 13.7. The minimum absolute atomic E-state index is 0.504. The maximum Gasteiger partial charge on any atom is 0.242 e. The Morgan fingerprint density at radius 3 is 2.58 bits per heavy atom. The Hall–Kier alpha value is -1.56. The Morgan fingerprint density at radius 1 is 1.21 bits per heavy atom. The van der Waals surface area contributed by atoms with Crippen molar-refractivity contribution < 1.29 is 4.74 Å². The van der Waals surface area contributed by atoms with E-state index in [1.807, 2.05) is 0 Å². The molecule has 1 aliphatic heterocycles. The number of anilines is 2. The average molecular weight is 265 g/mol. The number of piperazine rings is 1. The highest BCUT2D eigenvalue weighted by molar-refractivity contribution is 5.67. The predicted molar refractivity (Wildman–Crippen MR) is 76.6 cm³/mol. The van der Waals surface area contributed by atoms with Crippen molar-refractivity contribution in [3.05, 3.63) is 6.33 Å². The van der Waals surface area contributed by atoms with E-state index >= 15 is 0 Å². The van der Waals surface area contributed by atoms with Gasteiger partial charge in [0, 0.05) is 26.2 Å². The Balaban J connectivity index is 2.08. The molecule has 2 N–H and O–H groups in total. The molecule has 2 heterocycles. The number of aromatic nitrogens is 2. The molecule has 6 heteroatoms. The number of nitrogens with zero attached hydrogens (tertiary/aromatic N) is 4. The molecule has 6 nitrogen and oxygen atoms in total. The molecule has 1 aromatic heterocycles. The summed E-state index contributed by atoms with van der Waals surface area (Å²) in [4.78, 5) is 13.0. The quantitative estimate of drug-likeness (QED) is 0.856. The first kappa shape index (κ1) is 13.9. The first-order chi connectivity index (χ1) is 9.26. The molecule has 106 valence electrons. The van der Waals surface area contributed by atoms with E-state index in [1.54, 1.807) is 0 Å². The van der Waals surface area contributed by atoms with Crippen molar-refractivity contribution in [2.24, 2.45) is 0 Å². The Morgan fingerprint density at radius 2 is 1.95 bits per heavy atom. The topological polar surface area (TPSA) is 67.5 Å². The van der Waals surface area contributed by atoms with Gasteiger partial charge in [0.2, 0.25) is 5.88 Å². The van der Waals surface area contributed by atoms with Crippen LogP contribution in [0.25, 0.3) is 0 Å². The minimum atomic E-state index is 0.504. The lowest BCUT2D eigenvalue weighted by Crippen LogP contribution is -2.46. The summed E-state index contributed by atoms with van der Waals surface area (Å²) in [5.41, 5.74) is 6.67. The van der Waals surface area contributed by atoms with Gasteiger partial charge in [-0.15, -0.1) is 0 Å². The van der Waals surface area contributed by atoms with Gasteiger partial charge in [-0.05, 0) is 13.0 Å². The highest BCUT2D eigenvalue weighted by atomic mass is 16.5. The zero-order valence-electron chi connectivity index (χ0n) is 11.8. The van der Waals surface area contributed by atoms with E-state index in [1.165, 1.54) is 6.33 Å². The molecule has 0 saturated carbocycles. The van der Waals surface area contributed by atoms with Gasteiger partial charge in [0.05, 0.1) is 6.61 Å². The van der Waals surface area contributed by atoms with E-state index in [-0.39, 0.29) is 0 Å². The Kier molecular flexibility index (Phi) is 4.79. The summed E-state index contributed by atoms with van der Waals surface area (Å²) >= 11 is 0. The lowest BCUT2D eigenvalue weighted by molar-refractivity contribution is 0.270. The molecule has 0 amide bonds. The van der Waals surface area contributed by atoms with Crippen molar-refractivity contribution in [2.75, 3.05) is 50.0 Å². The van der Waals surface area contributed by atoms with Crippen LogP contribution in [0.2, 0.25) is 0 Å². The molecule has 0 radical (unpaired) electrons. The molecular formula is C13H23N5O. The first-order valence-electron chi connectivity index (χ1n) is 6.96. The van der Waals surface area contributed by atoms with Gasteiger partial charge in [0.1, 0.15) is 12.0 Å². The Labute approximate surface area is 114 Å². The van der Waals surface area contributed by atoms with Crippen molar-refractivity contribution >= 4 is 11.5 Å². The van der Waals surface area contributed by atoms with Crippen LogP contribution in [0.3, 0.4) is 0 Å². The summed E-state index contributed by atoms with van der Waals surface area (Å²) in [5, 5.41) is 0. The molecule has 0 atom stereocenters. The van der Waals surface area contributed by atoms with Gasteiger partial charge in [-0.1, -0.05) is 13.8 Å². The van der Waals surface area contributed by atoms with Crippen LogP contribution in [0.5, 0.6) is 5.88 Å². The molecule has 0 spiro atoms. The fourth-order valence-electron chi connectivity index (χ4n) is 2.21. The van der Waals surface area contributed by atoms with Gasteiger partial charge in [0.15, 0.2) is 5.82 Å². The third-order valence-corrected chi connectivity index (χ3v) is 3.39. The summed E-state index contributed by atoms with van der Waals surface area (Å²) in [5.74, 6) is 1.31. The van der Waals surface area contributed by atoms with Crippen LogP contribution in [-0.4, -0.2) is 54.2 Å². The van der Waals surface area contributed by atoms with E-state index in [4.69, 9.17) is 10.5 Å². The van der Waals surface area contributed by atoms with E-state index in [0.717, 1.165) is 45.0 Å². The van der Waals surface area contributed by atoms with Crippen LogP contribution >= 0.6 is 0 Å². The minimum Gasteiger partial charge on any atom is -0.476 e. The van der Waals surface area contributed by atoms with Crippen LogP contribution < -0.4 is 15.4 Å². The first-order valence-corrected chi connectivity index (χ1v) is 6.96. The summed E-state index contributed by atoms with van der Waals surface area (Å²) in [7, 11) is 0. The number of hydrogen-bond donors (Lipinski definition) is 1. The molecule has 0 bridgehead atoms. The maximum atomic E-state index is 6.12. The van der Waals surface area contributed by atoms with Crippen molar-refractivity contribution in [3.8, 4) is 5.88 Å². The Bertz CT molecular complexity index is 404. The van der Waals surface area contributed by atoms with Gasteiger partial charge in [-0.25, -0.2) is 4.98 Å². The number of likely N-dealkylation sites (N-methyl/N-ethyl adjacent to an activating group) is 1. The van der Waals surface area contributed by atoms with Gasteiger partial charge >= 0.3 is 0 Å². The monoisotopic (exact) mass is 265 g/mol. The number of nitrogens with two attached hydrogens (primary N) is 1.